The van der Waals surface area contributed by atoms with Crippen LogP contribution in [-0.2, 0) is 0 Å². The topological polar surface area (TPSA) is 74.3 Å². The number of rotatable bonds is 5. The van der Waals surface area contributed by atoms with Crippen LogP contribution < -0.4 is 15.5 Å². The predicted octanol–water partition coefficient (Wildman–Crippen LogP) is 4.27. The normalized spacial score (nSPS) is 10.3. The molecule has 0 atom stereocenters. The third-order valence-electron chi connectivity index (χ3n) is 4.71. The number of aryl methyl sites for hydroxylation is 1. The van der Waals surface area contributed by atoms with Gasteiger partial charge in [0.15, 0.2) is 0 Å². The molecule has 6 nitrogen and oxygen atoms in total. The Labute approximate surface area is 170 Å². The summed E-state index contributed by atoms with van der Waals surface area (Å²) < 4.78 is 0. The Balaban J connectivity index is 1.73. The highest BCUT2D eigenvalue weighted by Gasteiger charge is 2.14. The van der Waals surface area contributed by atoms with Crippen molar-refractivity contribution < 1.29 is 9.59 Å². The number of nitrogens with zero attached hydrogens (tertiary/aromatic N) is 2. The fraction of sp³-hybridized carbons (Fsp3) is 0.174. The number of nitrogens with one attached hydrogen (secondary N) is 2. The summed E-state index contributed by atoms with van der Waals surface area (Å²) in [7, 11) is 3.90. The van der Waals surface area contributed by atoms with E-state index >= 15 is 0 Å². The van der Waals surface area contributed by atoms with Crippen molar-refractivity contribution in [2.75, 3.05) is 29.6 Å². The predicted molar refractivity (Wildman–Crippen MR) is 117 cm³/mol. The Kier molecular flexibility index (Phi) is 5.93. The number of pyridine rings is 1. The minimum Gasteiger partial charge on any atom is -0.378 e. The van der Waals surface area contributed by atoms with Gasteiger partial charge in [-0.2, -0.15) is 0 Å². The Bertz CT molecular complexity index is 1040. The number of hydrogen-bond acceptors (Lipinski definition) is 4. The van der Waals surface area contributed by atoms with E-state index in [1.807, 2.05) is 75.3 Å². The fourth-order valence-corrected chi connectivity index (χ4v) is 2.80. The van der Waals surface area contributed by atoms with E-state index in [2.05, 4.69) is 15.6 Å². The summed E-state index contributed by atoms with van der Waals surface area (Å²) in [5, 5.41) is 5.67. The van der Waals surface area contributed by atoms with Gasteiger partial charge in [-0.25, -0.2) is 4.98 Å². The largest absolute Gasteiger partial charge is 0.378 e. The Hall–Kier alpha value is -3.67. The number of benzene rings is 2. The molecule has 2 amide bonds. The summed E-state index contributed by atoms with van der Waals surface area (Å²) in [6, 6.07) is 18.0. The molecule has 1 aromatic heterocycles. The first-order valence-electron chi connectivity index (χ1n) is 9.28. The van der Waals surface area contributed by atoms with Crippen LogP contribution in [0.3, 0.4) is 0 Å². The number of aromatic nitrogens is 1. The molecule has 3 aromatic rings. The van der Waals surface area contributed by atoms with Crippen LogP contribution >= 0.6 is 0 Å². The van der Waals surface area contributed by atoms with Crippen molar-refractivity contribution in [1.82, 2.24) is 4.98 Å². The van der Waals surface area contributed by atoms with Gasteiger partial charge in [-0.15, -0.1) is 0 Å². The van der Waals surface area contributed by atoms with Gasteiger partial charge in [0, 0.05) is 31.2 Å². The highest BCUT2D eigenvalue weighted by Crippen LogP contribution is 2.19. The molecule has 1 heterocycles. The van der Waals surface area contributed by atoms with Crippen LogP contribution in [0.5, 0.6) is 0 Å². The summed E-state index contributed by atoms with van der Waals surface area (Å²) in [5.41, 5.74) is 4.86. The van der Waals surface area contributed by atoms with E-state index in [1.54, 1.807) is 18.2 Å². The smallest absolute Gasteiger partial charge is 0.274 e. The van der Waals surface area contributed by atoms with Gasteiger partial charge in [0.1, 0.15) is 11.4 Å². The Morgan fingerprint density at radius 1 is 0.793 bits per heavy atom. The summed E-state index contributed by atoms with van der Waals surface area (Å²) in [4.78, 5) is 31.4. The lowest BCUT2D eigenvalue weighted by Crippen LogP contribution is -2.19. The first-order chi connectivity index (χ1) is 13.8. The number of anilines is 3. The summed E-state index contributed by atoms with van der Waals surface area (Å²) in [5.74, 6) is -0.729. The van der Waals surface area contributed by atoms with Crippen LogP contribution in [0.4, 0.5) is 17.1 Å². The maximum Gasteiger partial charge on any atom is 0.274 e. The van der Waals surface area contributed by atoms with Crippen molar-refractivity contribution in [3.8, 4) is 0 Å². The van der Waals surface area contributed by atoms with Crippen LogP contribution in [0.1, 0.15) is 32.1 Å². The quantitative estimate of drug-likeness (QED) is 0.685. The second-order valence-electron chi connectivity index (χ2n) is 7.01. The lowest BCUT2D eigenvalue weighted by atomic mass is 10.1. The van der Waals surface area contributed by atoms with Crippen molar-refractivity contribution in [1.29, 1.82) is 0 Å². The van der Waals surface area contributed by atoms with Crippen molar-refractivity contribution in [3.05, 3.63) is 83.2 Å². The van der Waals surface area contributed by atoms with Crippen LogP contribution in [0.2, 0.25) is 0 Å². The SMILES string of the molecule is Cc1cccc(NC(=O)c2cccc(C(=O)Nc3ccc(N(C)C)cc3)n2)c1C. The lowest BCUT2D eigenvalue weighted by molar-refractivity contribution is 0.101. The van der Waals surface area contributed by atoms with Crippen molar-refractivity contribution >= 4 is 28.9 Å². The van der Waals surface area contributed by atoms with Gasteiger partial charge in [-0.1, -0.05) is 18.2 Å². The van der Waals surface area contributed by atoms with Gasteiger partial charge in [-0.3, -0.25) is 9.59 Å². The molecule has 0 aliphatic carbocycles. The van der Waals surface area contributed by atoms with Crippen LogP contribution in [0.25, 0.3) is 0 Å². The number of amides is 2. The van der Waals surface area contributed by atoms with Gasteiger partial charge < -0.3 is 15.5 Å². The maximum atomic E-state index is 12.6. The van der Waals surface area contributed by atoms with Crippen LogP contribution in [0.15, 0.2) is 60.7 Å². The standard InChI is InChI=1S/C23H24N4O2/c1-15-7-5-8-19(16(15)2)26-23(29)21-10-6-9-20(25-21)22(28)24-17-11-13-18(14-12-17)27(3)4/h5-14H,1-4H3,(H,24,28)(H,26,29). The molecule has 0 aliphatic rings. The molecule has 0 unspecified atom stereocenters. The average molecular weight is 388 g/mol. The zero-order chi connectivity index (χ0) is 21.0. The third-order valence-corrected chi connectivity index (χ3v) is 4.71. The van der Waals surface area contributed by atoms with Gasteiger partial charge in [0.05, 0.1) is 0 Å². The molecule has 2 N–H and O–H groups in total. The molecule has 148 valence electrons. The molecule has 0 spiro atoms. The molecule has 0 saturated carbocycles. The molecule has 2 aromatic carbocycles. The molecule has 0 saturated heterocycles. The molecular formula is C23H24N4O2. The van der Waals surface area contributed by atoms with Gasteiger partial charge in [0.2, 0.25) is 0 Å². The second kappa shape index (κ2) is 8.56. The van der Waals surface area contributed by atoms with Crippen LogP contribution in [0, 0.1) is 13.8 Å². The van der Waals surface area contributed by atoms with E-state index in [0.717, 1.165) is 22.5 Å². The van der Waals surface area contributed by atoms with Crippen molar-refractivity contribution in [3.63, 3.8) is 0 Å². The molecule has 29 heavy (non-hydrogen) atoms. The first-order valence-corrected chi connectivity index (χ1v) is 9.28. The van der Waals surface area contributed by atoms with E-state index in [4.69, 9.17) is 0 Å². The van der Waals surface area contributed by atoms with E-state index in [1.165, 1.54) is 0 Å². The number of carbonyl (C=O) groups excluding carboxylic acids is 2. The van der Waals surface area contributed by atoms with Gasteiger partial charge in [-0.05, 0) is 67.4 Å². The number of hydrogen-bond donors (Lipinski definition) is 2. The van der Waals surface area contributed by atoms with E-state index in [0.29, 0.717) is 5.69 Å². The molecule has 3 rings (SSSR count). The molecule has 0 fully saturated rings. The monoisotopic (exact) mass is 388 g/mol. The molecular weight excluding hydrogens is 364 g/mol. The molecule has 0 aliphatic heterocycles. The second-order valence-corrected chi connectivity index (χ2v) is 7.01. The average Bonchev–Trinajstić information content (AvgIpc) is 2.72. The minimum atomic E-state index is -0.371. The van der Waals surface area contributed by atoms with Gasteiger partial charge >= 0.3 is 0 Å². The van der Waals surface area contributed by atoms with Crippen molar-refractivity contribution in [2.45, 2.75) is 13.8 Å². The third kappa shape index (κ3) is 4.79. The zero-order valence-electron chi connectivity index (χ0n) is 17.0. The van der Waals surface area contributed by atoms with Crippen molar-refractivity contribution in [2.24, 2.45) is 0 Å². The van der Waals surface area contributed by atoms with E-state index in [9.17, 15) is 9.59 Å². The summed E-state index contributed by atoms with van der Waals surface area (Å²) in [6.45, 7) is 3.93. The molecule has 6 heteroatoms. The summed E-state index contributed by atoms with van der Waals surface area (Å²) in [6.07, 6.45) is 0. The highest BCUT2D eigenvalue weighted by atomic mass is 16.2. The number of carbonyl (C=O) groups is 2. The van der Waals surface area contributed by atoms with E-state index < -0.39 is 0 Å². The highest BCUT2D eigenvalue weighted by molar-refractivity contribution is 6.06. The maximum absolute atomic E-state index is 12.6. The summed E-state index contributed by atoms with van der Waals surface area (Å²) >= 11 is 0. The van der Waals surface area contributed by atoms with E-state index in [-0.39, 0.29) is 23.2 Å². The lowest BCUT2D eigenvalue weighted by Gasteiger charge is -2.13. The fourth-order valence-electron chi connectivity index (χ4n) is 2.80. The zero-order valence-corrected chi connectivity index (χ0v) is 17.0. The first kappa shape index (κ1) is 20.1. The Morgan fingerprint density at radius 2 is 1.38 bits per heavy atom. The molecule has 0 radical (unpaired) electrons. The van der Waals surface area contributed by atoms with Crippen LogP contribution in [-0.4, -0.2) is 30.9 Å². The van der Waals surface area contributed by atoms with Gasteiger partial charge in [0.25, 0.3) is 11.8 Å². The Morgan fingerprint density at radius 3 is 2.00 bits per heavy atom. The molecule has 0 bridgehead atoms. The minimum absolute atomic E-state index is 0.176.